The van der Waals surface area contributed by atoms with Crippen molar-refractivity contribution in [3.8, 4) is 5.75 Å². The quantitative estimate of drug-likeness (QED) is 0.672. The fourth-order valence-electron chi connectivity index (χ4n) is 4.22. The highest BCUT2D eigenvalue weighted by atomic mass is 35.5. The Labute approximate surface area is 186 Å². The Morgan fingerprint density at radius 3 is 2.28 bits per heavy atom. The standard InChI is InChI=1S/C21H33N3O3.2ClH/c1-26-18-8-6-17(7-9-18)19(24-14-4-3-5-15-24)16-23-20(25)21(27-2)10-12-22-13-11-21;;/h6-9,19,22H,3-5,10-16H2,1-2H3,(H,23,25);2*1H. The van der Waals surface area contributed by atoms with Gasteiger partial charge in [0.15, 0.2) is 0 Å². The molecule has 1 atom stereocenters. The molecule has 0 saturated carbocycles. The van der Waals surface area contributed by atoms with Gasteiger partial charge >= 0.3 is 0 Å². The molecule has 0 aliphatic carbocycles. The Balaban J connectivity index is 0.00000210. The first-order chi connectivity index (χ1) is 13.2. The van der Waals surface area contributed by atoms with Crippen LogP contribution in [0, 0.1) is 0 Å². The molecule has 2 aliphatic rings. The van der Waals surface area contributed by atoms with E-state index < -0.39 is 5.60 Å². The van der Waals surface area contributed by atoms with E-state index in [-0.39, 0.29) is 36.8 Å². The second-order valence-corrected chi connectivity index (χ2v) is 7.54. The minimum absolute atomic E-state index is 0. The van der Waals surface area contributed by atoms with Crippen LogP contribution in [0.4, 0.5) is 0 Å². The molecule has 0 bridgehead atoms. The zero-order valence-corrected chi connectivity index (χ0v) is 19.1. The number of rotatable bonds is 7. The van der Waals surface area contributed by atoms with Crippen LogP contribution in [0.2, 0.25) is 0 Å². The second-order valence-electron chi connectivity index (χ2n) is 7.54. The number of hydrogen-bond acceptors (Lipinski definition) is 5. The molecule has 29 heavy (non-hydrogen) atoms. The van der Waals surface area contributed by atoms with Crippen LogP contribution < -0.4 is 15.4 Å². The molecular formula is C21H35Cl2N3O3. The van der Waals surface area contributed by atoms with Gasteiger partial charge in [0.25, 0.3) is 5.91 Å². The summed E-state index contributed by atoms with van der Waals surface area (Å²) in [5, 5.41) is 6.51. The predicted octanol–water partition coefficient (Wildman–Crippen LogP) is 2.95. The van der Waals surface area contributed by atoms with Crippen molar-refractivity contribution in [1.82, 2.24) is 15.5 Å². The van der Waals surface area contributed by atoms with Crippen LogP contribution in [0.1, 0.15) is 43.7 Å². The van der Waals surface area contributed by atoms with Crippen LogP contribution in [0.15, 0.2) is 24.3 Å². The monoisotopic (exact) mass is 447 g/mol. The molecule has 2 heterocycles. The first-order valence-corrected chi connectivity index (χ1v) is 10.1. The van der Waals surface area contributed by atoms with E-state index in [1.54, 1.807) is 14.2 Å². The third-order valence-electron chi connectivity index (χ3n) is 6.00. The number of piperidine rings is 2. The number of nitrogens with one attached hydrogen (secondary N) is 2. The van der Waals surface area contributed by atoms with Crippen LogP contribution >= 0.6 is 24.8 Å². The van der Waals surface area contributed by atoms with Crippen molar-refractivity contribution in [3.05, 3.63) is 29.8 Å². The fourth-order valence-corrected chi connectivity index (χ4v) is 4.22. The highest BCUT2D eigenvalue weighted by Crippen LogP contribution is 2.27. The highest BCUT2D eigenvalue weighted by Gasteiger charge is 2.40. The van der Waals surface area contributed by atoms with E-state index in [0.29, 0.717) is 19.4 Å². The van der Waals surface area contributed by atoms with E-state index in [1.165, 1.54) is 24.8 Å². The topological polar surface area (TPSA) is 62.8 Å². The molecule has 3 rings (SSSR count). The summed E-state index contributed by atoms with van der Waals surface area (Å²) in [6, 6.07) is 8.40. The van der Waals surface area contributed by atoms with Gasteiger partial charge in [0.05, 0.1) is 13.2 Å². The Bertz CT molecular complexity index is 604. The van der Waals surface area contributed by atoms with Crippen LogP contribution in [-0.4, -0.2) is 63.4 Å². The Morgan fingerprint density at radius 2 is 1.72 bits per heavy atom. The lowest BCUT2D eigenvalue weighted by molar-refractivity contribution is -0.147. The molecule has 8 heteroatoms. The summed E-state index contributed by atoms with van der Waals surface area (Å²) in [6.07, 6.45) is 5.15. The number of hydrogen-bond donors (Lipinski definition) is 2. The Kier molecular flexibility index (Phi) is 11.3. The maximum absolute atomic E-state index is 13.0. The van der Waals surface area contributed by atoms with E-state index in [1.807, 2.05) is 12.1 Å². The minimum atomic E-state index is -0.697. The van der Waals surface area contributed by atoms with Gasteiger partial charge in [-0.25, -0.2) is 0 Å². The average molecular weight is 448 g/mol. The molecule has 6 nitrogen and oxygen atoms in total. The van der Waals surface area contributed by atoms with Gasteiger partial charge in [-0.3, -0.25) is 9.69 Å². The smallest absolute Gasteiger partial charge is 0.252 e. The van der Waals surface area contributed by atoms with Gasteiger partial charge in [-0.1, -0.05) is 18.6 Å². The summed E-state index contributed by atoms with van der Waals surface area (Å²) in [5.74, 6) is 0.871. The number of ether oxygens (including phenoxy) is 2. The number of amides is 1. The van der Waals surface area contributed by atoms with Crippen molar-refractivity contribution in [1.29, 1.82) is 0 Å². The van der Waals surface area contributed by atoms with E-state index >= 15 is 0 Å². The number of methoxy groups -OCH3 is 2. The lowest BCUT2D eigenvalue weighted by atomic mass is 9.91. The van der Waals surface area contributed by atoms with Crippen LogP contribution in [0.5, 0.6) is 5.75 Å². The molecule has 2 aliphatic heterocycles. The van der Waals surface area contributed by atoms with E-state index in [2.05, 4.69) is 27.7 Å². The summed E-state index contributed by atoms with van der Waals surface area (Å²) in [7, 11) is 3.33. The number of halogens is 2. The second kappa shape index (κ2) is 12.6. The number of benzene rings is 1. The molecule has 1 aromatic carbocycles. The van der Waals surface area contributed by atoms with Gasteiger partial charge in [-0.05, 0) is 69.6 Å². The first-order valence-electron chi connectivity index (χ1n) is 10.1. The average Bonchev–Trinajstić information content (AvgIpc) is 2.75. The molecule has 2 saturated heterocycles. The van der Waals surface area contributed by atoms with Crippen molar-refractivity contribution in [3.63, 3.8) is 0 Å². The third kappa shape index (κ3) is 6.46. The normalized spacial score (nSPS) is 19.9. The maximum Gasteiger partial charge on any atom is 0.252 e. The largest absolute Gasteiger partial charge is 0.497 e. The summed E-state index contributed by atoms with van der Waals surface area (Å²) in [5.41, 5.74) is 0.521. The maximum atomic E-state index is 13.0. The van der Waals surface area contributed by atoms with Gasteiger partial charge in [-0.2, -0.15) is 0 Å². The van der Waals surface area contributed by atoms with Crippen LogP contribution in [0.25, 0.3) is 0 Å². The van der Waals surface area contributed by atoms with E-state index in [0.717, 1.165) is 31.9 Å². The number of carbonyl (C=O) groups is 1. The van der Waals surface area contributed by atoms with Gasteiger partial charge in [0, 0.05) is 13.7 Å². The third-order valence-corrected chi connectivity index (χ3v) is 6.00. The van der Waals surface area contributed by atoms with Crippen molar-refractivity contribution in [2.24, 2.45) is 0 Å². The highest BCUT2D eigenvalue weighted by molar-refractivity contribution is 5.86. The molecule has 1 aromatic rings. The van der Waals surface area contributed by atoms with E-state index in [9.17, 15) is 4.79 Å². The first kappa shape index (κ1) is 26.0. The van der Waals surface area contributed by atoms with E-state index in [4.69, 9.17) is 9.47 Å². The molecule has 166 valence electrons. The molecule has 1 unspecified atom stereocenters. The summed E-state index contributed by atoms with van der Waals surface area (Å²) in [6.45, 7) is 4.38. The van der Waals surface area contributed by atoms with Crippen molar-refractivity contribution in [2.45, 2.75) is 43.7 Å². The van der Waals surface area contributed by atoms with Gasteiger partial charge < -0.3 is 20.1 Å². The lowest BCUT2D eigenvalue weighted by Gasteiger charge is -2.38. The summed E-state index contributed by atoms with van der Waals surface area (Å²) < 4.78 is 11.0. The number of carbonyl (C=O) groups excluding carboxylic acids is 1. The molecule has 1 amide bonds. The number of nitrogens with zero attached hydrogens (tertiary/aromatic N) is 1. The molecule has 2 N–H and O–H groups in total. The molecule has 0 aromatic heterocycles. The number of likely N-dealkylation sites (tertiary alicyclic amines) is 1. The molecular weight excluding hydrogens is 413 g/mol. The van der Waals surface area contributed by atoms with Gasteiger partial charge in [0.2, 0.25) is 0 Å². The minimum Gasteiger partial charge on any atom is -0.497 e. The summed E-state index contributed by atoms with van der Waals surface area (Å²) in [4.78, 5) is 15.5. The SMILES string of the molecule is COc1ccc(C(CNC(=O)C2(OC)CCNCC2)N2CCCCC2)cc1.Cl.Cl. The lowest BCUT2D eigenvalue weighted by Crippen LogP contribution is -2.55. The zero-order valence-electron chi connectivity index (χ0n) is 17.4. The molecule has 2 fully saturated rings. The molecule has 0 spiro atoms. The molecule has 0 radical (unpaired) electrons. The van der Waals surface area contributed by atoms with Gasteiger partial charge in [0.1, 0.15) is 11.4 Å². The Hall–Kier alpha value is -1.05. The van der Waals surface area contributed by atoms with Crippen LogP contribution in [0.3, 0.4) is 0 Å². The van der Waals surface area contributed by atoms with Gasteiger partial charge in [-0.15, -0.1) is 24.8 Å². The van der Waals surface area contributed by atoms with Crippen LogP contribution in [-0.2, 0) is 9.53 Å². The van der Waals surface area contributed by atoms with Crippen molar-refractivity contribution >= 4 is 30.7 Å². The van der Waals surface area contributed by atoms with Crippen molar-refractivity contribution in [2.75, 3.05) is 46.9 Å². The predicted molar refractivity (Wildman–Crippen MR) is 121 cm³/mol. The fraction of sp³-hybridized carbons (Fsp3) is 0.667. The van der Waals surface area contributed by atoms with Crippen molar-refractivity contribution < 1.29 is 14.3 Å². The Morgan fingerprint density at radius 1 is 1.10 bits per heavy atom. The zero-order chi connectivity index (χ0) is 19.1. The summed E-state index contributed by atoms with van der Waals surface area (Å²) >= 11 is 0.